The fourth-order valence-corrected chi connectivity index (χ4v) is 4.51. The zero-order valence-corrected chi connectivity index (χ0v) is 16.4. The van der Waals surface area contributed by atoms with Crippen molar-refractivity contribution in [1.82, 2.24) is 14.9 Å². The number of nitrogens with one attached hydrogen (secondary N) is 1. The van der Waals surface area contributed by atoms with E-state index in [0.29, 0.717) is 18.5 Å². The Bertz CT molecular complexity index is 1050. The largest absolute Gasteiger partial charge is 0.355 e. The second kappa shape index (κ2) is 6.93. The molecule has 6 heteroatoms. The molecule has 1 aliphatic carbocycles. The molecule has 5 nitrogen and oxygen atoms in total. The van der Waals surface area contributed by atoms with E-state index in [4.69, 9.17) is 0 Å². The number of rotatable bonds is 6. The van der Waals surface area contributed by atoms with Crippen LogP contribution in [0.5, 0.6) is 0 Å². The first-order valence-corrected chi connectivity index (χ1v) is 10.1. The summed E-state index contributed by atoms with van der Waals surface area (Å²) in [5.74, 6) is -0.0255. The molecule has 140 valence electrons. The van der Waals surface area contributed by atoms with Gasteiger partial charge in [-0.05, 0) is 37.8 Å². The number of aromatic nitrogens is 2. The Balaban J connectivity index is 1.39. The van der Waals surface area contributed by atoms with Crippen LogP contribution in [-0.2, 0) is 16.8 Å². The molecule has 0 atom stereocenters. The van der Waals surface area contributed by atoms with Gasteiger partial charge in [0.05, 0.1) is 11.7 Å². The van der Waals surface area contributed by atoms with E-state index >= 15 is 0 Å². The Hall–Kier alpha value is -2.47. The van der Waals surface area contributed by atoms with Crippen molar-refractivity contribution in [2.24, 2.45) is 0 Å². The molecule has 0 saturated heterocycles. The maximum atomic E-state index is 12.7. The van der Waals surface area contributed by atoms with Gasteiger partial charge in [-0.1, -0.05) is 30.3 Å². The molecule has 1 fully saturated rings. The predicted molar refractivity (Wildman–Crippen MR) is 108 cm³/mol. The van der Waals surface area contributed by atoms with Gasteiger partial charge in [-0.2, -0.15) is 0 Å². The van der Waals surface area contributed by atoms with Crippen molar-refractivity contribution in [1.29, 1.82) is 0 Å². The van der Waals surface area contributed by atoms with Gasteiger partial charge < -0.3 is 5.32 Å². The first kappa shape index (κ1) is 17.9. The highest BCUT2D eigenvalue weighted by Gasteiger charge is 2.44. The summed E-state index contributed by atoms with van der Waals surface area (Å²) in [6, 6.07) is 10.4. The van der Waals surface area contributed by atoms with Crippen molar-refractivity contribution in [3.05, 3.63) is 63.0 Å². The maximum Gasteiger partial charge on any atom is 0.262 e. The zero-order chi connectivity index (χ0) is 19.0. The number of carbonyl (C=O) groups is 1. The van der Waals surface area contributed by atoms with E-state index in [0.717, 1.165) is 28.1 Å². The number of aryl methyl sites for hydroxylation is 3. The van der Waals surface area contributed by atoms with Crippen LogP contribution in [0, 0.1) is 13.8 Å². The highest BCUT2D eigenvalue weighted by molar-refractivity contribution is 7.18. The summed E-state index contributed by atoms with van der Waals surface area (Å²) >= 11 is 1.54. The minimum atomic E-state index is -0.0578. The predicted octanol–water partition coefficient (Wildman–Crippen LogP) is 3.31. The molecule has 2 heterocycles. The number of carbonyl (C=O) groups excluding carboxylic acids is 1. The minimum absolute atomic E-state index is 0.0255. The summed E-state index contributed by atoms with van der Waals surface area (Å²) in [7, 11) is 0. The topological polar surface area (TPSA) is 64.0 Å². The molecule has 1 aliphatic rings. The van der Waals surface area contributed by atoms with E-state index in [1.807, 2.05) is 32.0 Å². The van der Waals surface area contributed by atoms with E-state index in [-0.39, 0.29) is 23.3 Å². The summed E-state index contributed by atoms with van der Waals surface area (Å²) in [6.07, 6.45) is 4.04. The van der Waals surface area contributed by atoms with Crippen LogP contribution in [0.15, 0.2) is 41.5 Å². The average Bonchev–Trinajstić information content (AvgIpc) is 3.41. The van der Waals surface area contributed by atoms with Crippen LogP contribution in [0.2, 0.25) is 0 Å². The van der Waals surface area contributed by atoms with Crippen LogP contribution < -0.4 is 10.9 Å². The summed E-state index contributed by atoms with van der Waals surface area (Å²) < 4.78 is 1.55. The van der Waals surface area contributed by atoms with Crippen LogP contribution in [0.3, 0.4) is 0 Å². The highest BCUT2D eigenvalue weighted by Crippen LogP contribution is 2.47. The Morgan fingerprint density at radius 2 is 2.00 bits per heavy atom. The van der Waals surface area contributed by atoms with E-state index in [1.54, 1.807) is 10.9 Å². The van der Waals surface area contributed by atoms with E-state index in [9.17, 15) is 9.59 Å². The van der Waals surface area contributed by atoms with Crippen molar-refractivity contribution >= 4 is 27.5 Å². The summed E-state index contributed by atoms with van der Waals surface area (Å²) in [5, 5.41) is 3.74. The molecule has 1 N–H and O–H groups in total. The van der Waals surface area contributed by atoms with Crippen molar-refractivity contribution in [2.75, 3.05) is 6.54 Å². The molecule has 0 unspecified atom stereocenters. The van der Waals surface area contributed by atoms with Crippen LogP contribution in [-0.4, -0.2) is 22.0 Å². The lowest BCUT2D eigenvalue weighted by Crippen LogP contribution is -2.33. The Labute approximate surface area is 162 Å². The smallest absolute Gasteiger partial charge is 0.262 e. The van der Waals surface area contributed by atoms with Crippen LogP contribution >= 0.6 is 11.3 Å². The number of hydrogen-bond acceptors (Lipinski definition) is 4. The Morgan fingerprint density at radius 3 is 2.70 bits per heavy atom. The molecule has 0 radical (unpaired) electrons. The highest BCUT2D eigenvalue weighted by atomic mass is 32.1. The molecule has 1 aromatic carbocycles. The van der Waals surface area contributed by atoms with Crippen molar-refractivity contribution < 1.29 is 4.79 Å². The summed E-state index contributed by atoms with van der Waals surface area (Å²) in [5.41, 5.74) is 2.32. The Kier molecular flexibility index (Phi) is 4.60. The van der Waals surface area contributed by atoms with Crippen molar-refractivity contribution in [2.45, 2.75) is 45.1 Å². The third kappa shape index (κ3) is 3.41. The van der Waals surface area contributed by atoms with Gasteiger partial charge in [0, 0.05) is 29.8 Å². The lowest BCUT2D eigenvalue weighted by molar-refractivity contribution is -0.121. The van der Waals surface area contributed by atoms with Gasteiger partial charge in [0.25, 0.3) is 5.56 Å². The third-order valence-electron chi connectivity index (χ3n) is 5.60. The molecule has 1 amide bonds. The molecule has 2 aromatic heterocycles. The number of benzene rings is 1. The number of nitrogens with zero attached hydrogens (tertiary/aromatic N) is 2. The fourth-order valence-electron chi connectivity index (χ4n) is 3.52. The zero-order valence-electron chi connectivity index (χ0n) is 15.6. The van der Waals surface area contributed by atoms with Crippen LogP contribution in [0.4, 0.5) is 0 Å². The standard InChI is InChI=1S/C21H23N3O2S/c1-14-15(2)27-19-18(14)20(26)24(13-23-19)11-8-17(25)22-12-21(9-10-21)16-6-4-3-5-7-16/h3-7,13H,8-12H2,1-2H3,(H,22,25). The average molecular weight is 382 g/mol. The number of amides is 1. The lowest BCUT2D eigenvalue weighted by atomic mass is 9.96. The monoisotopic (exact) mass is 381 g/mol. The summed E-state index contributed by atoms with van der Waals surface area (Å²) in [6.45, 7) is 4.96. The van der Waals surface area contributed by atoms with E-state index in [2.05, 4.69) is 22.4 Å². The maximum absolute atomic E-state index is 12.7. The SMILES string of the molecule is Cc1sc2ncn(CCC(=O)NCC3(c4ccccc4)CC3)c(=O)c2c1C. The lowest BCUT2D eigenvalue weighted by Gasteiger charge is -2.16. The number of hydrogen-bond donors (Lipinski definition) is 1. The van der Waals surface area contributed by atoms with Gasteiger partial charge in [-0.15, -0.1) is 11.3 Å². The van der Waals surface area contributed by atoms with Gasteiger partial charge in [0.1, 0.15) is 4.83 Å². The molecule has 0 spiro atoms. The molecule has 4 rings (SSSR count). The quantitative estimate of drug-likeness (QED) is 0.712. The molecular formula is C21H23N3O2S. The molecular weight excluding hydrogens is 358 g/mol. The minimum Gasteiger partial charge on any atom is -0.355 e. The first-order valence-electron chi connectivity index (χ1n) is 9.27. The molecule has 3 aromatic rings. The number of fused-ring (bicyclic) bond motifs is 1. The van der Waals surface area contributed by atoms with E-state index < -0.39 is 0 Å². The second-order valence-electron chi connectivity index (χ2n) is 7.38. The third-order valence-corrected chi connectivity index (χ3v) is 6.71. The van der Waals surface area contributed by atoms with Gasteiger partial charge in [-0.25, -0.2) is 4.98 Å². The van der Waals surface area contributed by atoms with Gasteiger partial charge in [0.15, 0.2) is 0 Å². The van der Waals surface area contributed by atoms with Gasteiger partial charge in [-0.3, -0.25) is 14.2 Å². The first-order chi connectivity index (χ1) is 13.0. The normalized spacial score (nSPS) is 15.0. The van der Waals surface area contributed by atoms with Crippen LogP contribution in [0.1, 0.15) is 35.3 Å². The molecule has 0 aliphatic heterocycles. The van der Waals surface area contributed by atoms with Gasteiger partial charge in [0.2, 0.25) is 5.91 Å². The second-order valence-corrected chi connectivity index (χ2v) is 8.58. The van der Waals surface area contributed by atoms with Crippen LogP contribution in [0.25, 0.3) is 10.2 Å². The van der Waals surface area contributed by atoms with Crippen molar-refractivity contribution in [3.8, 4) is 0 Å². The fraction of sp³-hybridized carbons (Fsp3) is 0.381. The summed E-state index contributed by atoms with van der Waals surface area (Å²) in [4.78, 5) is 31.3. The number of thiophene rings is 1. The molecule has 1 saturated carbocycles. The van der Waals surface area contributed by atoms with Gasteiger partial charge >= 0.3 is 0 Å². The molecule has 0 bridgehead atoms. The molecule has 27 heavy (non-hydrogen) atoms. The van der Waals surface area contributed by atoms with E-state index in [1.165, 1.54) is 16.9 Å². The Morgan fingerprint density at radius 1 is 1.26 bits per heavy atom. The van der Waals surface area contributed by atoms with Crippen molar-refractivity contribution in [3.63, 3.8) is 0 Å².